The van der Waals surface area contributed by atoms with E-state index < -0.39 is 6.10 Å². The second-order valence-corrected chi connectivity index (χ2v) is 5.90. The molecule has 0 bridgehead atoms. The van der Waals surface area contributed by atoms with Gasteiger partial charge in [-0.15, -0.1) is 0 Å². The van der Waals surface area contributed by atoms with Crippen LogP contribution in [0.3, 0.4) is 0 Å². The summed E-state index contributed by atoms with van der Waals surface area (Å²) in [7, 11) is 0. The van der Waals surface area contributed by atoms with Gasteiger partial charge in [0.05, 0.1) is 17.8 Å². The van der Waals surface area contributed by atoms with Crippen LogP contribution >= 0.6 is 0 Å². The lowest BCUT2D eigenvalue weighted by atomic mass is 10.1. The van der Waals surface area contributed by atoms with Crippen LogP contribution in [0, 0.1) is 0 Å². The first kappa shape index (κ1) is 15.9. The first-order valence-electron chi connectivity index (χ1n) is 8.15. The average Bonchev–Trinajstić information content (AvgIpc) is 3.17. The van der Waals surface area contributed by atoms with Gasteiger partial charge < -0.3 is 15.4 Å². The van der Waals surface area contributed by atoms with E-state index in [2.05, 4.69) is 20.8 Å². The molecule has 2 heterocycles. The number of carbonyl (C=O) groups excluding carboxylic acids is 2. The van der Waals surface area contributed by atoms with Crippen molar-refractivity contribution in [1.29, 1.82) is 0 Å². The first-order chi connectivity index (χ1) is 12.7. The topological polar surface area (TPSA) is 96.1 Å². The van der Waals surface area contributed by atoms with Crippen LogP contribution in [0.1, 0.15) is 6.42 Å². The van der Waals surface area contributed by atoms with Crippen molar-refractivity contribution in [3.63, 3.8) is 0 Å². The number of hydrogen-bond acceptors (Lipinski definition) is 4. The molecule has 1 aliphatic heterocycles. The van der Waals surface area contributed by atoms with E-state index in [1.807, 2.05) is 36.4 Å². The van der Waals surface area contributed by atoms with Crippen LogP contribution in [0.15, 0.2) is 60.8 Å². The van der Waals surface area contributed by atoms with Gasteiger partial charge in [-0.3, -0.25) is 14.7 Å². The number of nitrogens with one attached hydrogen (secondary N) is 3. The van der Waals surface area contributed by atoms with E-state index in [1.165, 1.54) is 0 Å². The summed E-state index contributed by atoms with van der Waals surface area (Å²) < 4.78 is 5.65. The Morgan fingerprint density at radius 1 is 1.15 bits per heavy atom. The molecule has 0 spiro atoms. The molecule has 26 heavy (non-hydrogen) atoms. The lowest BCUT2D eigenvalue weighted by molar-refractivity contribution is -0.128. The second kappa shape index (κ2) is 6.72. The van der Waals surface area contributed by atoms with Crippen molar-refractivity contribution in [1.82, 2.24) is 10.2 Å². The van der Waals surface area contributed by atoms with Gasteiger partial charge in [-0.2, -0.15) is 5.10 Å². The lowest BCUT2D eigenvalue weighted by Crippen LogP contribution is -2.39. The normalized spacial score (nSPS) is 15.5. The third kappa shape index (κ3) is 3.27. The van der Waals surface area contributed by atoms with Crippen molar-refractivity contribution < 1.29 is 14.3 Å². The Labute approximate surface area is 149 Å². The number of benzene rings is 2. The molecule has 0 saturated carbocycles. The number of carbonyl (C=O) groups is 2. The van der Waals surface area contributed by atoms with Gasteiger partial charge >= 0.3 is 0 Å². The highest BCUT2D eigenvalue weighted by atomic mass is 16.5. The van der Waals surface area contributed by atoms with Gasteiger partial charge in [0.15, 0.2) is 6.10 Å². The van der Waals surface area contributed by atoms with E-state index in [0.29, 0.717) is 17.1 Å². The highest BCUT2D eigenvalue weighted by molar-refractivity contribution is 6.02. The highest BCUT2D eigenvalue weighted by Gasteiger charge is 2.29. The Balaban J connectivity index is 1.43. The number of amides is 2. The number of para-hydroxylation sites is 2. The van der Waals surface area contributed by atoms with Crippen LogP contribution in [-0.4, -0.2) is 28.1 Å². The van der Waals surface area contributed by atoms with E-state index in [9.17, 15) is 9.59 Å². The van der Waals surface area contributed by atoms with Crippen molar-refractivity contribution in [3.8, 4) is 17.0 Å². The Morgan fingerprint density at radius 3 is 2.88 bits per heavy atom. The highest BCUT2D eigenvalue weighted by Crippen LogP contribution is 2.29. The van der Waals surface area contributed by atoms with Crippen LogP contribution in [0.4, 0.5) is 11.4 Å². The molecule has 1 aliphatic rings. The second-order valence-electron chi connectivity index (χ2n) is 5.90. The fourth-order valence-electron chi connectivity index (χ4n) is 2.79. The molecule has 0 saturated heterocycles. The van der Waals surface area contributed by atoms with E-state index in [4.69, 9.17) is 4.74 Å². The largest absolute Gasteiger partial charge is 0.478 e. The molecule has 1 aromatic heterocycles. The van der Waals surface area contributed by atoms with Gasteiger partial charge in [-0.05, 0) is 30.3 Å². The van der Waals surface area contributed by atoms with Gasteiger partial charge in [0.25, 0.3) is 5.91 Å². The third-order valence-electron chi connectivity index (χ3n) is 4.04. The Hall–Kier alpha value is -3.61. The van der Waals surface area contributed by atoms with Crippen LogP contribution in [0.2, 0.25) is 0 Å². The molecule has 7 nitrogen and oxygen atoms in total. The zero-order chi connectivity index (χ0) is 17.9. The summed E-state index contributed by atoms with van der Waals surface area (Å²) >= 11 is 0. The van der Waals surface area contributed by atoms with Crippen molar-refractivity contribution in [2.75, 3.05) is 10.6 Å². The van der Waals surface area contributed by atoms with Gasteiger partial charge in [0.1, 0.15) is 5.75 Å². The van der Waals surface area contributed by atoms with E-state index in [-0.39, 0.29) is 18.2 Å². The van der Waals surface area contributed by atoms with Gasteiger partial charge in [0.2, 0.25) is 5.91 Å². The van der Waals surface area contributed by atoms with E-state index >= 15 is 0 Å². The van der Waals surface area contributed by atoms with Gasteiger partial charge in [-0.25, -0.2) is 0 Å². The monoisotopic (exact) mass is 348 g/mol. The van der Waals surface area contributed by atoms with Gasteiger partial charge in [-0.1, -0.05) is 24.3 Å². The standard InChI is InChI=1S/C19H16N4O3/c24-18(11-17-19(25)22-15-6-1-2-7-16(15)26-17)21-13-5-3-4-12(10-13)14-8-9-20-23-14/h1-10,17H,11H2,(H,20,23)(H,21,24)(H,22,25). The Bertz CT molecular complexity index is 953. The molecule has 3 aromatic rings. The minimum atomic E-state index is -0.860. The lowest BCUT2D eigenvalue weighted by Gasteiger charge is -2.25. The molecular formula is C19H16N4O3. The SMILES string of the molecule is O=C(CC1Oc2ccccc2NC1=O)Nc1cccc(-c2ccn[nH]2)c1. The van der Waals surface area contributed by atoms with Crippen LogP contribution in [-0.2, 0) is 9.59 Å². The predicted octanol–water partition coefficient (Wildman–Crippen LogP) is 2.81. The number of hydrogen-bond donors (Lipinski definition) is 3. The summed E-state index contributed by atoms with van der Waals surface area (Å²) in [6, 6.07) is 16.4. The summed E-state index contributed by atoms with van der Waals surface area (Å²) in [5.74, 6) is -0.0671. The zero-order valence-electron chi connectivity index (χ0n) is 13.7. The number of rotatable bonds is 4. The van der Waals surface area contributed by atoms with E-state index in [1.54, 1.807) is 24.4 Å². The predicted molar refractivity (Wildman–Crippen MR) is 96.8 cm³/mol. The molecule has 1 atom stereocenters. The smallest absolute Gasteiger partial charge is 0.266 e. The van der Waals surface area contributed by atoms with Crippen LogP contribution in [0.25, 0.3) is 11.3 Å². The maximum absolute atomic E-state index is 12.3. The number of fused-ring (bicyclic) bond motifs is 1. The van der Waals surface area contributed by atoms with Crippen molar-refractivity contribution in [2.24, 2.45) is 0 Å². The number of aromatic nitrogens is 2. The zero-order valence-corrected chi connectivity index (χ0v) is 13.7. The molecule has 0 radical (unpaired) electrons. The number of nitrogens with zero attached hydrogens (tertiary/aromatic N) is 1. The maximum Gasteiger partial charge on any atom is 0.266 e. The Kier molecular flexibility index (Phi) is 4.10. The minimum absolute atomic E-state index is 0.0749. The van der Waals surface area contributed by atoms with Crippen LogP contribution in [0.5, 0.6) is 5.75 Å². The third-order valence-corrected chi connectivity index (χ3v) is 4.04. The molecule has 0 fully saturated rings. The van der Waals surface area contributed by atoms with Crippen molar-refractivity contribution in [3.05, 3.63) is 60.8 Å². The minimum Gasteiger partial charge on any atom is -0.478 e. The van der Waals surface area contributed by atoms with Gasteiger partial charge in [0, 0.05) is 17.4 Å². The van der Waals surface area contributed by atoms with Crippen LogP contribution < -0.4 is 15.4 Å². The fourth-order valence-corrected chi connectivity index (χ4v) is 2.79. The number of aromatic amines is 1. The summed E-state index contributed by atoms with van der Waals surface area (Å²) in [5.41, 5.74) is 3.01. The number of ether oxygens (including phenoxy) is 1. The molecule has 7 heteroatoms. The molecule has 3 N–H and O–H groups in total. The maximum atomic E-state index is 12.3. The summed E-state index contributed by atoms with van der Waals surface area (Å²) in [4.78, 5) is 24.5. The molecule has 130 valence electrons. The quantitative estimate of drug-likeness (QED) is 0.675. The average molecular weight is 348 g/mol. The molecular weight excluding hydrogens is 332 g/mol. The fraction of sp³-hybridized carbons (Fsp3) is 0.105. The molecule has 4 rings (SSSR count). The Morgan fingerprint density at radius 2 is 2.04 bits per heavy atom. The number of anilines is 2. The number of H-pyrrole nitrogens is 1. The first-order valence-corrected chi connectivity index (χ1v) is 8.15. The molecule has 2 amide bonds. The summed E-state index contributed by atoms with van der Waals surface area (Å²) in [5, 5.41) is 12.4. The molecule has 0 aliphatic carbocycles. The molecule has 1 unspecified atom stereocenters. The van der Waals surface area contributed by atoms with E-state index in [0.717, 1.165) is 11.3 Å². The van der Waals surface area contributed by atoms with Crippen molar-refractivity contribution >= 4 is 23.2 Å². The summed E-state index contributed by atoms with van der Waals surface area (Å²) in [6.07, 6.45) is 0.729. The molecule has 2 aromatic carbocycles. The summed E-state index contributed by atoms with van der Waals surface area (Å²) in [6.45, 7) is 0. The van der Waals surface area contributed by atoms with Crippen molar-refractivity contribution in [2.45, 2.75) is 12.5 Å².